The summed E-state index contributed by atoms with van der Waals surface area (Å²) in [7, 11) is -1.21. The van der Waals surface area contributed by atoms with Gasteiger partial charge in [0.05, 0.1) is 76.2 Å². The van der Waals surface area contributed by atoms with Crippen molar-refractivity contribution in [2.75, 3.05) is 31.0 Å². The Bertz CT molecular complexity index is 3850. The van der Waals surface area contributed by atoms with Crippen molar-refractivity contribution in [3.63, 3.8) is 0 Å². The Hall–Kier alpha value is -7.62. The first kappa shape index (κ1) is 79.4. The van der Waals surface area contributed by atoms with E-state index in [1.165, 1.54) is 31.0 Å². The second kappa shape index (κ2) is 34.4. The van der Waals surface area contributed by atoms with Crippen LogP contribution in [-0.2, 0) is 57.9 Å². The Labute approximate surface area is 601 Å². The number of benzene rings is 3. The molecule has 0 saturated carbocycles. The van der Waals surface area contributed by atoms with Crippen LogP contribution in [0.5, 0.6) is 34.5 Å². The van der Waals surface area contributed by atoms with Crippen LogP contribution in [0.2, 0.25) is 0 Å². The number of amides is 2. The van der Waals surface area contributed by atoms with Gasteiger partial charge >= 0.3 is 21.1 Å². The maximum Gasteiger partial charge on any atom is 0.495 e. The van der Waals surface area contributed by atoms with E-state index in [4.69, 9.17) is 76.1 Å². The SMILES string of the molecule is CC(=O)O.CC(=O)O.CC1OB(B2OC(C)C(C)(C)O2)OC1(C)C.Cc1cc2c(cc1B1OC(C)(C)C(C)(C)O1)OCO2.Cc1cc2c(cc1Br)OCO2.Cc1ccncc1C(=O)Nc1cnc(-c2cc3c(cc2C)OCO3)cn1.Cc1ccncc1C(=O)Nc1cnc(Br)cn1.[Pd]. The molecule has 3 saturated heterocycles. The van der Waals surface area contributed by atoms with Gasteiger partial charge in [0.2, 0.25) is 20.4 Å². The van der Waals surface area contributed by atoms with Gasteiger partial charge in [0.1, 0.15) is 4.60 Å². The number of aromatic nitrogens is 6. The van der Waals surface area contributed by atoms with Crippen molar-refractivity contribution >= 4 is 93.8 Å². The third kappa shape index (κ3) is 21.4. The number of hydrogen-bond donors (Lipinski definition) is 4. The molecule has 10 heterocycles. The van der Waals surface area contributed by atoms with Crippen LogP contribution in [0, 0.1) is 34.6 Å². The van der Waals surface area contributed by atoms with Gasteiger partial charge in [-0.15, -0.1) is 0 Å². The maximum absolute atomic E-state index is 12.3. The first-order chi connectivity index (χ1) is 45.5. The molecule has 2 amide bonds. The molecular formula is C66H79B3Br2N8O18Pd. The van der Waals surface area contributed by atoms with Gasteiger partial charge in [0.15, 0.2) is 46.1 Å². The van der Waals surface area contributed by atoms with Crippen molar-refractivity contribution in [1.29, 1.82) is 0 Å². The van der Waals surface area contributed by atoms with Crippen molar-refractivity contribution in [2.45, 2.75) is 152 Å². The molecule has 524 valence electrons. The Morgan fingerprint density at radius 3 is 1.28 bits per heavy atom. The average Bonchev–Trinajstić information content (AvgIpc) is 1.62. The van der Waals surface area contributed by atoms with Gasteiger partial charge in [-0.3, -0.25) is 34.1 Å². The zero-order valence-electron chi connectivity index (χ0n) is 57.4. The fraction of sp³-hybridized carbons (Fsp3) is 0.394. The van der Waals surface area contributed by atoms with Crippen LogP contribution in [0.1, 0.15) is 132 Å². The molecule has 0 bridgehead atoms. The van der Waals surface area contributed by atoms with Gasteiger partial charge in [0.25, 0.3) is 23.8 Å². The molecule has 13 rings (SSSR count). The summed E-state index contributed by atoms with van der Waals surface area (Å²) >= 11 is 6.59. The number of carboxylic acids is 2. The Kier molecular flexibility index (Phi) is 27.9. The fourth-order valence-corrected chi connectivity index (χ4v) is 9.64. The molecule has 3 aromatic carbocycles. The first-order valence-electron chi connectivity index (χ1n) is 30.6. The summed E-state index contributed by atoms with van der Waals surface area (Å²) in [6, 6.07) is 15.2. The smallest absolute Gasteiger partial charge is 0.481 e. The quantitative estimate of drug-likeness (QED) is 0.108. The predicted octanol–water partition coefficient (Wildman–Crippen LogP) is 11.5. The Morgan fingerprint density at radius 1 is 0.500 bits per heavy atom. The number of rotatable bonds is 7. The number of aliphatic carboxylic acids is 2. The van der Waals surface area contributed by atoms with Gasteiger partial charge in [-0.05, 0) is 202 Å². The maximum atomic E-state index is 12.3. The van der Waals surface area contributed by atoms with Crippen LogP contribution in [0.25, 0.3) is 11.3 Å². The van der Waals surface area contributed by atoms with Crippen molar-refractivity contribution in [2.24, 2.45) is 0 Å². The van der Waals surface area contributed by atoms with Crippen molar-refractivity contribution in [3.8, 4) is 45.8 Å². The van der Waals surface area contributed by atoms with Gasteiger partial charge < -0.3 is 77.2 Å². The molecule has 4 aromatic heterocycles. The second-order valence-electron chi connectivity index (χ2n) is 24.7. The van der Waals surface area contributed by atoms with E-state index in [9.17, 15) is 9.59 Å². The van der Waals surface area contributed by atoms with Crippen LogP contribution >= 0.6 is 31.9 Å². The van der Waals surface area contributed by atoms with Crippen molar-refractivity contribution in [1.82, 2.24) is 29.9 Å². The molecule has 7 aromatic rings. The largest absolute Gasteiger partial charge is 0.495 e. The number of ether oxygens (including phenoxy) is 6. The van der Waals surface area contributed by atoms with Crippen LogP contribution in [0.3, 0.4) is 0 Å². The summed E-state index contributed by atoms with van der Waals surface area (Å²) in [6.07, 6.45) is 12.6. The van der Waals surface area contributed by atoms with Gasteiger partial charge in [-0.2, -0.15) is 0 Å². The van der Waals surface area contributed by atoms with E-state index in [0.717, 1.165) is 85.9 Å². The zero-order valence-corrected chi connectivity index (χ0v) is 62.2. The van der Waals surface area contributed by atoms with E-state index < -0.39 is 26.0 Å². The number of anilines is 2. The molecule has 2 unspecified atom stereocenters. The number of carbonyl (C=O) groups is 4. The number of nitrogens with zero attached hydrogens (tertiary/aromatic N) is 6. The minimum absolute atomic E-state index is 0. The summed E-state index contributed by atoms with van der Waals surface area (Å²) in [5.41, 5.74) is 7.36. The monoisotopic (exact) mass is 1570 g/mol. The molecule has 3 fully saturated rings. The normalized spacial score (nSPS) is 17.5. The standard InChI is InChI=1S/C19H16N4O3.C14H19BO4.C11H9BrN4O.C10H20B2O4.C8H7BrO2.2C2H4O2.Pd/c1-11-3-4-20-7-14(11)19(24)23-18-9-21-15(8-22-18)13-6-17-16(5-12(13)2)25-10-26-17;1-9-6-11-12(17-8-16-11)7-10(9)15-18-13(2,3)14(4,5)19-15;1-7-2-3-13-4-8(7)11(17)16-10-6-14-9(12)5-15-10;1-7-9(3,4)15-11(13-7)12-14-8(2)10(5,6)16-12;1-5-2-7-8(3-6(5)9)11-4-10-7;2*1-2(3)4;/h3-9H,10H2,1-2H3,(H,22,23,24);6-7H,8H2,1-5H3;2-6H,1H3,(H,15,16,17);7-8H,1-6H3;2-3H,4H2,1H3;2*1H3,(H,3,4);. The number of fused-ring (bicyclic) bond motifs is 3. The van der Waals surface area contributed by atoms with Gasteiger partial charge in [-0.25, -0.2) is 15.0 Å². The van der Waals surface area contributed by atoms with Crippen molar-refractivity contribution in [3.05, 3.63) is 146 Å². The average molecular weight is 1570 g/mol. The number of carboxylic acid groups (broad SMARTS) is 2. The third-order valence-corrected chi connectivity index (χ3v) is 17.2. The zero-order chi connectivity index (χ0) is 71.3. The van der Waals surface area contributed by atoms with Crippen LogP contribution in [-0.4, -0.2) is 140 Å². The van der Waals surface area contributed by atoms with Gasteiger partial charge in [0, 0.05) is 69.1 Å². The van der Waals surface area contributed by atoms with Gasteiger partial charge in [-0.1, -0.05) is 15.9 Å². The summed E-state index contributed by atoms with van der Waals surface area (Å²) in [5.74, 6) is 3.24. The fourth-order valence-electron chi connectivity index (χ4n) is 9.12. The molecule has 2 atom stereocenters. The molecule has 4 N–H and O–H groups in total. The molecule has 0 aliphatic carbocycles. The van der Waals surface area contributed by atoms with E-state index in [1.54, 1.807) is 30.7 Å². The molecule has 98 heavy (non-hydrogen) atoms. The topological polar surface area (TPSA) is 321 Å². The number of halogens is 2. The second-order valence-corrected chi connectivity index (χ2v) is 26.4. The van der Waals surface area contributed by atoms with E-state index in [0.29, 0.717) is 45.6 Å². The minimum Gasteiger partial charge on any atom is -0.481 e. The van der Waals surface area contributed by atoms with E-state index in [1.807, 2.05) is 113 Å². The molecule has 6 aliphatic heterocycles. The summed E-state index contributed by atoms with van der Waals surface area (Å²) in [4.78, 5) is 66.8. The van der Waals surface area contributed by atoms with E-state index >= 15 is 0 Å². The number of hydrogen-bond acceptors (Lipinski definition) is 22. The third-order valence-electron chi connectivity index (χ3n) is 15.9. The summed E-state index contributed by atoms with van der Waals surface area (Å²) < 4.78 is 68.9. The molecule has 6 aliphatic rings. The molecule has 0 radical (unpaired) electrons. The summed E-state index contributed by atoms with van der Waals surface area (Å²) in [6.45, 7) is 33.0. The molecular weight excluding hydrogens is 1490 g/mol. The van der Waals surface area contributed by atoms with Crippen molar-refractivity contribution < 1.29 is 106 Å². The van der Waals surface area contributed by atoms with Crippen LogP contribution < -0.4 is 44.5 Å². The number of pyridine rings is 2. The van der Waals surface area contributed by atoms with E-state index in [-0.39, 0.29) is 87.6 Å². The minimum atomic E-state index is -0.833. The van der Waals surface area contributed by atoms with Crippen LogP contribution in [0.15, 0.2) is 107 Å². The predicted molar refractivity (Wildman–Crippen MR) is 369 cm³/mol. The molecule has 0 spiro atoms. The molecule has 32 heteroatoms. The number of aryl methyl sites for hydroxylation is 5. The van der Waals surface area contributed by atoms with Crippen LogP contribution in [0.4, 0.5) is 11.6 Å². The molecule has 26 nitrogen and oxygen atoms in total. The summed E-state index contributed by atoms with van der Waals surface area (Å²) in [5, 5.41) is 20.2. The van der Waals surface area contributed by atoms with E-state index in [2.05, 4.69) is 100 Å². The first-order valence-corrected chi connectivity index (χ1v) is 32.1. The number of nitrogens with one attached hydrogen (secondary N) is 2. The Morgan fingerprint density at radius 2 is 0.888 bits per heavy atom. The Balaban J connectivity index is 0.000000191. The number of carbonyl (C=O) groups excluding carboxylic acids is 2.